The topological polar surface area (TPSA) is 29.1 Å². The molecule has 2 rings (SSSR count). The molecule has 1 fully saturated rings. The Morgan fingerprint density at radius 2 is 2.05 bits per heavy atom. The zero-order valence-corrected chi connectivity index (χ0v) is 13.6. The summed E-state index contributed by atoms with van der Waals surface area (Å²) in [5, 5.41) is 3.32. The third-order valence-electron chi connectivity index (χ3n) is 4.20. The Bertz CT molecular complexity index is 533. The molecule has 1 aromatic rings. The van der Waals surface area contributed by atoms with E-state index in [9.17, 15) is 13.0 Å². The van der Waals surface area contributed by atoms with Gasteiger partial charge >= 0.3 is 0 Å². The lowest BCUT2D eigenvalue weighted by atomic mass is 9.75. The van der Waals surface area contributed by atoms with E-state index in [0.29, 0.717) is 4.90 Å². The number of halogens is 2. The summed E-state index contributed by atoms with van der Waals surface area (Å²) in [6.07, 6.45) is 2.85. The van der Waals surface area contributed by atoms with Crippen molar-refractivity contribution in [3.8, 4) is 0 Å². The summed E-state index contributed by atoms with van der Waals surface area (Å²) in [5.74, 6) is -1.83. The fourth-order valence-electron chi connectivity index (χ4n) is 3.02. The van der Waals surface area contributed by atoms with Crippen LogP contribution in [0.4, 0.5) is 8.78 Å². The molecular formula is C16H23F2NOS. The van der Waals surface area contributed by atoms with Crippen LogP contribution in [0.1, 0.15) is 40.0 Å². The van der Waals surface area contributed by atoms with Crippen molar-refractivity contribution >= 4 is 10.8 Å². The Hall–Kier alpha value is -0.810. The summed E-state index contributed by atoms with van der Waals surface area (Å²) < 4.78 is 39.2. The van der Waals surface area contributed by atoms with Gasteiger partial charge < -0.3 is 5.32 Å². The van der Waals surface area contributed by atoms with Gasteiger partial charge in [-0.1, -0.05) is 20.8 Å². The minimum absolute atomic E-state index is 0.0708. The predicted molar refractivity (Wildman–Crippen MR) is 81.7 cm³/mol. The maximum absolute atomic E-state index is 13.4. The molecule has 0 amide bonds. The molecule has 118 valence electrons. The van der Waals surface area contributed by atoms with Gasteiger partial charge in [-0.05, 0) is 49.4 Å². The quantitative estimate of drug-likeness (QED) is 0.919. The van der Waals surface area contributed by atoms with Gasteiger partial charge in [-0.25, -0.2) is 8.78 Å². The predicted octanol–water partition coefficient (Wildman–Crippen LogP) is 3.63. The van der Waals surface area contributed by atoms with Gasteiger partial charge in [0.1, 0.15) is 0 Å². The second-order valence-electron chi connectivity index (χ2n) is 6.48. The summed E-state index contributed by atoms with van der Waals surface area (Å²) in [5.41, 5.74) is 0.130. The summed E-state index contributed by atoms with van der Waals surface area (Å²) in [6, 6.07) is 3.71. The number of nitrogens with one attached hydrogen (secondary N) is 1. The Balaban J connectivity index is 2.26. The monoisotopic (exact) mass is 315 g/mol. The lowest BCUT2D eigenvalue weighted by Gasteiger charge is -2.40. The molecule has 1 aliphatic carbocycles. The zero-order valence-electron chi connectivity index (χ0n) is 12.8. The first-order valence-corrected chi connectivity index (χ1v) is 8.64. The smallest absolute Gasteiger partial charge is 0.160 e. The molecular weight excluding hydrogens is 292 g/mol. The first-order valence-electron chi connectivity index (χ1n) is 7.43. The maximum Gasteiger partial charge on any atom is 0.160 e. The number of benzene rings is 1. The number of rotatable bonds is 4. The molecule has 0 bridgehead atoms. The van der Waals surface area contributed by atoms with Crippen molar-refractivity contribution in [2.24, 2.45) is 5.41 Å². The molecule has 0 aliphatic heterocycles. The lowest BCUT2D eigenvalue weighted by molar-refractivity contribution is 0.213. The van der Waals surface area contributed by atoms with Crippen LogP contribution in [0.5, 0.6) is 0 Å². The van der Waals surface area contributed by atoms with E-state index in [-0.39, 0.29) is 16.7 Å². The second kappa shape index (κ2) is 6.53. The van der Waals surface area contributed by atoms with E-state index in [4.69, 9.17) is 0 Å². The zero-order chi connectivity index (χ0) is 15.6. The van der Waals surface area contributed by atoms with Crippen LogP contribution in [-0.2, 0) is 10.8 Å². The molecule has 1 saturated carbocycles. The van der Waals surface area contributed by atoms with Gasteiger partial charge in [-0.3, -0.25) is 4.21 Å². The first kappa shape index (κ1) is 16.6. The van der Waals surface area contributed by atoms with Crippen LogP contribution in [-0.4, -0.2) is 22.0 Å². The summed E-state index contributed by atoms with van der Waals surface area (Å²) in [6.45, 7) is 7.18. The van der Waals surface area contributed by atoms with E-state index < -0.39 is 22.4 Å². The van der Waals surface area contributed by atoms with Crippen LogP contribution in [0.3, 0.4) is 0 Å². The fourth-order valence-corrected chi connectivity index (χ4v) is 4.92. The Morgan fingerprint density at radius 3 is 2.67 bits per heavy atom. The van der Waals surface area contributed by atoms with E-state index in [0.717, 1.165) is 37.9 Å². The van der Waals surface area contributed by atoms with Crippen LogP contribution in [0.25, 0.3) is 0 Å². The molecule has 1 N–H and O–H groups in total. The Labute approximate surface area is 127 Å². The first-order chi connectivity index (χ1) is 9.84. The van der Waals surface area contributed by atoms with Crippen LogP contribution in [0, 0.1) is 17.0 Å². The second-order valence-corrected chi connectivity index (χ2v) is 8.15. The lowest BCUT2D eigenvalue weighted by Crippen LogP contribution is -2.48. The molecule has 2 nitrogen and oxygen atoms in total. The van der Waals surface area contributed by atoms with Crippen LogP contribution in [0.2, 0.25) is 0 Å². The van der Waals surface area contributed by atoms with Gasteiger partial charge in [0, 0.05) is 10.9 Å². The van der Waals surface area contributed by atoms with Crippen LogP contribution >= 0.6 is 0 Å². The van der Waals surface area contributed by atoms with E-state index >= 15 is 0 Å². The highest BCUT2D eigenvalue weighted by molar-refractivity contribution is 7.85. The van der Waals surface area contributed by atoms with Gasteiger partial charge in [-0.2, -0.15) is 0 Å². The third kappa shape index (κ3) is 3.89. The van der Waals surface area contributed by atoms with Crippen molar-refractivity contribution in [1.29, 1.82) is 0 Å². The summed E-state index contributed by atoms with van der Waals surface area (Å²) in [4.78, 5) is 0.375. The molecule has 0 aromatic heterocycles. The highest BCUT2D eigenvalue weighted by atomic mass is 32.2. The number of hydrogen-bond donors (Lipinski definition) is 1. The average molecular weight is 315 g/mol. The fraction of sp³-hybridized carbons (Fsp3) is 0.625. The highest BCUT2D eigenvalue weighted by Crippen LogP contribution is 2.38. The number of hydrogen-bond acceptors (Lipinski definition) is 2. The minimum atomic E-state index is -1.34. The van der Waals surface area contributed by atoms with Gasteiger partial charge in [0.15, 0.2) is 11.6 Å². The van der Waals surface area contributed by atoms with Crippen molar-refractivity contribution in [3.63, 3.8) is 0 Å². The van der Waals surface area contributed by atoms with E-state index in [2.05, 4.69) is 19.2 Å². The molecule has 5 heteroatoms. The maximum atomic E-state index is 13.4. The Kier molecular flexibility index (Phi) is 5.15. The van der Waals surface area contributed by atoms with Crippen molar-refractivity contribution in [3.05, 3.63) is 29.8 Å². The van der Waals surface area contributed by atoms with E-state index in [1.54, 1.807) is 0 Å². The highest BCUT2D eigenvalue weighted by Gasteiger charge is 2.38. The molecule has 1 aromatic carbocycles. The van der Waals surface area contributed by atoms with Crippen molar-refractivity contribution < 1.29 is 13.0 Å². The third-order valence-corrected chi connectivity index (χ3v) is 5.96. The molecule has 3 atom stereocenters. The molecule has 0 radical (unpaired) electrons. The SMILES string of the molecule is CCNC1CCC(C)(C)CC1S(=O)c1ccc(F)c(F)c1. The molecule has 0 spiro atoms. The van der Waals surface area contributed by atoms with Gasteiger partial charge in [0.25, 0.3) is 0 Å². The molecule has 21 heavy (non-hydrogen) atoms. The normalized spacial score (nSPS) is 26.5. The largest absolute Gasteiger partial charge is 0.313 e. The van der Waals surface area contributed by atoms with E-state index in [1.807, 2.05) is 6.92 Å². The average Bonchev–Trinajstić information content (AvgIpc) is 2.43. The van der Waals surface area contributed by atoms with Crippen LogP contribution in [0.15, 0.2) is 23.1 Å². The minimum Gasteiger partial charge on any atom is -0.313 e. The molecule has 3 unspecified atom stereocenters. The van der Waals surface area contributed by atoms with Crippen molar-refractivity contribution in [1.82, 2.24) is 5.32 Å². The molecule has 0 heterocycles. The van der Waals surface area contributed by atoms with Crippen LogP contribution < -0.4 is 5.32 Å². The Morgan fingerprint density at radius 1 is 1.33 bits per heavy atom. The van der Waals surface area contributed by atoms with Crippen molar-refractivity contribution in [2.75, 3.05) is 6.54 Å². The molecule has 0 saturated heterocycles. The van der Waals surface area contributed by atoms with Gasteiger partial charge in [0.2, 0.25) is 0 Å². The molecule has 1 aliphatic rings. The van der Waals surface area contributed by atoms with Gasteiger partial charge in [-0.15, -0.1) is 0 Å². The summed E-state index contributed by atoms with van der Waals surface area (Å²) in [7, 11) is -1.34. The van der Waals surface area contributed by atoms with E-state index in [1.165, 1.54) is 6.07 Å². The summed E-state index contributed by atoms with van der Waals surface area (Å²) >= 11 is 0. The van der Waals surface area contributed by atoms with Gasteiger partial charge in [0.05, 0.1) is 16.0 Å². The standard InChI is InChI=1S/C16H23F2NOS/c1-4-19-14-7-8-16(2,3)10-15(14)21(20)11-5-6-12(17)13(18)9-11/h5-6,9,14-15,19H,4,7-8,10H2,1-3H3. The van der Waals surface area contributed by atoms with Crippen molar-refractivity contribution in [2.45, 2.75) is 56.2 Å².